The van der Waals surface area contributed by atoms with E-state index in [1.165, 1.54) is 6.47 Å². The summed E-state index contributed by atoms with van der Waals surface area (Å²) >= 11 is 0. The van der Waals surface area contributed by atoms with Crippen molar-refractivity contribution in [3.8, 4) is 5.75 Å². The molecule has 0 saturated carbocycles. The number of fused-ring (bicyclic) bond motifs is 1. The molecule has 1 radical (unpaired) electrons. The second kappa shape index (κ2) is 2.70. The van der Waals surface area contributed by atoms with Crippen LogP contribution in [0.25, 0.3) is 5.52 Å². The van der Waals surface area contributed by atoms with Crippen LogP contribution in [0.2, 0.25) is 0 Å². The Balaban J connectivity index is 2.62. The molecule has 0 bridgehead atoms. The molecular formula is C9H6NO2. The molecule has 0 aliphatic rings. The zero-order valence-corrected chi connectivity index (χ0v) is 6.23. The maximum absolute atomic E-state index is 9.96. The van der Waals surface area contributed by atoms with Crippen LogP contribution in [0.5, 0.6) is 5.75 Å². The molecular weight excluding hydrogens is 154 g/mol. The first-order valence-corrected chi connectivity index (χ1v) is 3.51. The highest BCUT2D eigenvalue weighted by Crippen LogP contribution is 2.19. The molecule has 2 heterocycles. The first-order chi connectivity index (χ1) is 5.92. The number of hydrogen-bond donors (Lipinski definition) is 0. The molecule has 0 aromatic carbocycles. The van der Waals surface area contributed by atoms with Crippen molar-refractivity contribution in [3.05, 3.63) is 36.7 Å². The van der Waals surface area contributed by atoms with E-state index in [0.29, 0.717) is 5.75 Å². The van der Waals surface area contributed by atoms with Crippen LogP contribution >= 0.6 is 0 Å². The summed E-state index contributed by atoms with van der Waals surface area (Å²) in [5, 5.41) is 0. The van der Waals surface area contributed by atoms with Crippen molar-refractivity contribution in [3.63, 3.8) is 0 Å². The molecule has 0 aliphatic carbocycles. The molecule has 59 valence electrons. The number of pyridine rings is 1. The fourth-order valence-corrected chi connectivity index (χ4v) is 1.16. The molecule has 0 spiro atoms. The maximum Gasteiger partial charge on any atom is 0.423 e. The van der Waals surface area contributed by atoms with E-state index in [4.69, 9.17) is 0 Å². The first-order valence-electron chi connectivity index (χ1n) is 3.51. The molecule has 2 aromatic heterocycles. The van der Waals surface area contributed by atoms with E-state index in [2.05, 4.69) is 4.74 Å². The lowest BCUT2D eigenvalue weighted by atomic mass is 10.4. The minimum absolute atomic E-state index is 0.533. The summed E-state index contributed by atoms with van der Waals surface area (Å²) < 4.78 is 6.50. The third-order valence-electron chi connectivity index (χ3n) is 1.68. The Morgan fingerprint density at radius 1 is 1.25 bits per heavy atom. The Hall–Kier alpha value is -1.77. The zero-order valence-electron chi connectivity index (χ0n) is 6.23. The normalized spacial score (nSPS) is 10.0. The summed E-state index contributed by atoms with van der Waals surface area (Å²) in [6.45, 7) is 1.40. The van der Waals surface area contributed by atoms with Crippen molar-refractivity contribution >= 4 is 12.0 Å². The fraction of sp³-hybridized carbons (Fsp3) is 0. The van der Waals surface area contributed by atoms with Crippen LogP contribution in [0.1, 0.15) is 0 Å². The molecule has 2 rings (SSSR count). The van der Waals surface area contributed by atoms with Gasteiger partial charge in [-0.05, 0) is 18.2 Å². The Morgan fingerprint density at radius 2 is 2.17 bits per heavy atom. The Labute approximate surface area is 69.2 Å². The largest absolute Gasteiger partial charge is 0.423 e. The van der Waals surface area contributed by atoms with E-state index in [1.807, 2.05) is 35.0 Å². The predicted molar refractivity (Wildman–Crippen MR) is 43.7 cm³/mol. The summed E-state index contributed by atoms with van der Waals surface area (Å²) in [6.07, 6.45) is 3.70. The van der Waals surface area contributed by atoms with Crippen molar-refractivity contribution in [1.29, 1.82) is 0 Å². The first kappa shape index (κ1) is 6.91. The van der Waals surface area contributed by atoms with Gasteiger partial charge in [0, 0.05) is 12.4 Å². The third-order valence-corrected chi connectivity index (χ3v) is 1.68. The summed E-state index contributed by atoms with van der Waals surface area (Å²) in [5.41, 5.74) is 0.862. The van der Waals surface area contributed by atoms with Crippen LogP contribution in [0.3, 0.4) is 0 Å². The lowest BCUT2D eigenvalue weighted by Gasteiger charge is -1.94. The van der Waals surface area contributed by atoms with Gasteiger partial charge in [-0.3, -0.25) is 0 Å². The second-order valence-electron chi connectivity index (χ2n) is 2.36. The number of hydrogen-bond acceptors (Lipinski definition) is 2. The Bertz CT molecular complexity index is 406. The van der Waals surface area contributed by atoms with Gasteiger partial charge in [0.2, 0.25) is 0 Å². The van der Waals surface area contributed by atoms with Crippen molar-refractivity contribution in [2.75, 3.05) is 0 Å². The zero-order chi connectivity index (χ0) is 8.39. The topological polar surface area (TPSA) is 30.7 Å². The van der Waals surface area contributed by atoms with Gasteiger partial charge < -0.3 is 9.14 Å². The van der Waals surface area contributed by atoms with Gasteiger partial charge in [0.05, 0.1) is 5.52 Å². The molecule has 0 saturated heterocycles. The average molecular weight is 160 g/mol. The van der Waals surface area contributed by atoms with E-state index in [-0.39, 0.29) is 0 Å². The van der Waals surface area contributed by atoms with Gasteiger partial charge >= 0.3 is 6.47 Å². The molecule has 0 amide bonds. The molecule has 12 heavy (non-hydrogen) atoms. The van der Waals surface area contributed by atoms with E-state index >= 15 is 0 Å². The second-order valence-corrected chi connectivity index (χ2v) is 2.36. The third kappa shape index (κ3) is 0.955. The van der Waals surface area contributed by atoms with Crippen LogP contribution in [0.15, 0.2) is 36.7 Å². The van der Waals surface area contributed by atoms with Gasteiger partial charge in [0.1, 0.15) is 0 Å². The quantitative estimate of drug-likeness (QED) is 0.664. The van der Waals surface area contributed by atoms with Crippen molar-refractivity contribution in [1.82, 2.24) is 4.40 Å². The van der Waals surface area contributed by atoms with E-state index < -0.39 is 0 Å². The molecule has 3 nitrogen and oxygen atoms in total. The van der Waals surface area contributed by atoms with Crippen molar-refractivity contribution in [2.24, 2.45) is 0 Å². The maximum atomic E-state index is 9.96. The highest BCUT2D eigenvalue weighted by molar-refractivity contribution is 5.64. The number of rotatable bonds is 2. The van der Waals surface area contributed by atoms with Crippen LogP contribution in [0, 0.1) is 0 Å². The monoisotopic (exact) mass is 160 g/mol. The predicted octanol–water partition coefficient (Wildman–Crippen LogP) is 1.39. The summed E-state index contributed by atoms with van der Waals surface area (Å²) in [6, 6.07) is 7.38. The lowest BCUT2D eigenvalue weighted by Crippen LogP contribution is -1.87. The van der Waals surface area contributed by atoms with Gasteiger partial charge in [-0.1, -0.05) is 6.07 Å². The molecule has 0 N–H and O–H groups in total. The minimum Gasteiger partial charge on any atom is -0.416 e. The van der Waals surface area contributed by atoms with Crippen molar-refractivity contribution < 1.29 is 9.53 Å². The highest BCUT2D eigenvalue weighted by Gasteiger charge is 2.00. The van der Waals surface area contributed by atoms with Gasteiger partial charge in [-0.2, -0.15) is 0 Å². The SMILES string of the molecule is O=[C]Oc1ccn2ccccc12. The van der Waals surface area contributed by atoms with Crippen LogP contribution < -0.4 is 4.74 Å². The summed E-state index contributed by atoms with van der Waals surface area (Å²) in [5.74, 6) is 0.533. The number of nitrogens with zero attached hydrogens (tertiary/aromatic N) is 1. The van der Waals surface area contributed by atoms with Gasteiger partial charge in [0.25, 0.3) is 0 Å². The molecule has 3 heteroatoms. The number of aromatic nitrogens is 1. The van der Waals surface area contributed by atoms with Crippen molar-refractivity contribution in [2.45, 2.75) is 0 Å². The molecule has 0 fully saturated rings. The smallest absolute Gasteiger partial charge is 0.416 e. The Morgan fingerprint density at radius 3 is 3.00 bits per heavy atom. The molecule has 2 aromatic rings. The van der Waals surface area contributed by atoms with E-state index in [9.17, 15) is 4.79 Å². The summed E-state index contributed by atoms with van der Waals surface area (Å²) in [4.78, 5) is 9.96. The Kier molecular flexibility index (Phi) is 1.55. The number of ether oxygens (including phenoxy) is 1. The standard InChI is InChI=1S/C9H6NO2/c11-7-12-9-4-6-10-5-2-1-3-8(9)10/h1-6H. The summed E-state index contributed by atoms with van der Waals surface area (Å²) in [7, 11) is 0. The van der Waals surface area contributed by atoms with Gasteiger partial charge in [0.15, 0.2) is 5.75 Å². The van der Waals surface area contributed by atoms with Crippen LogP contribution in [-0.4, -0.2) is 10.9 Å². The molecule has 0 atom stereocenters. The minimum atomic E-state index is 0.533. The van der Waals surface area contributed by atoms with E-state index in [0.717, 1.165) is 5.52 Å². The highest BCUT2D eigenvalue weighted by atomic mass is 16.5. The van der Waals surface area contributed by atoms with Crippen LogP contribution in [-0.2, 0) is 4.79 Å². The van der Waals surface area contributed by atoms with E-state index in [1.54, 1.807) is 6.07 Å². The van der Waals surface area contributed by atoms with Gasteiger partial charge in [-0.15, -0.1) is 0 Å². The fourth-order valence-electron chi connectivity index (χ4n) is 1.16. The van der Waals surface area contributed by atoms with Crippen LogP contribution in [0.4, 0.5) is 0 Å². The average Bonchev–Trinajstić information content (AvgIpc) is 2.50. The lowest BCUT2D eigenvalue weighted by molar-refractivity contribution is 0.445. The molecule has 0 aliphatic heterocycles. The van der Waals surface area contributed by atoms with Gasteiger partial charge in [-0.25, -0.2) is 4.79 Å². The number of carbonyl (C=O) groups excluding carboxylic acids is 1. The molecule has 0 unspecified atom stereocenters.